The summed E-state index contributed by atoms with van der Waals surface area (Å²) in [5.41, 5.74) is 3.11. The van der Waals surface area contributed by atoms with Crippen molar-refractivity contribution in [2.45, 2.75) is 0 Å². The molecule has 1 aromatic rings. The Morgan fingerprint density at radius 2 is 2.05 bits per heavy atom. The van der Waals surface area contributed by atoms with Crippen molar-refractivity contribution in [3.63, 3.8) is 0 Å². The zero-order valence-corrected chi connectivity index (χ0v) is 10.5. The third-order valence-electron chi connectivity index (χ3n) is 2.11. The molecule has 1 aromatic carbocycles. The molecule has 0 saturated carbocycles. The molecule has 0 bridgehead atoms. The van der Waals surface area contributed by atoms with Crippen molar-refractivity contribution in [3.05, 3.63) is 54.2 Å². The quantitative estimate of drug-likeness (QED) is 0.404. The van der Waals surface area contributed by atoms with E-state index in [9.17, 15) is 4.79 Å². The van der Waals surface area contributed by atoms with Crippen molar-refractivity contribution in [3.8, 4) is 0 Å². The van der Waals surface area contributed by atoms with Gasteiger partial charge in [-0.25, -0.2) is 4.79 Å². The maximum absolute atomic E-state index is 10.4. The maximum atomic E-state index is 10.4. The lowest BCUT2D eigenvalue weighted by Crippen LogP contribution is -2.21. The summed E-state index contributed by atoms with van der Waals surface area (Å²) < 4.78 is 5.27. The van der Waals surface area contributed by atoms with Gasteiger partial charge >= 0.3 is 5.97 Å². The number of aliphatic carboxylic acids is 1. The smallest absolute Gasteiger partial charge is 0.353 e. The van der Waals surface area contributed by atoms with Crippen LogP contribution in [-0.4, -0.2) is 30.9 Å². The van der Waals surface area contributed by atoms with Crippen LogP contribution in [0.3, 0.4) is 0 Å². The lowest BCUT2D eigenvalue weighted by molar-refractivity contribution is -0.134. The van der Waals surface area contributed by atoms with E-state index >= 15 is 0 Å². The largest absolute Gasteiger partial charge is 0.477 e. The first-order valence-electron chi connectivity index (χ1n) is 5.79. The van der Waals surface area contributed by atoms with Crippen molar-refractivity contribution in [1.29, 1.82) is 0 Å². The Balaban J connectivity index is 2.01. The van der Waals surface area contributed by atoms with Gasteiger partial charge in [-0.05, 0) is 5.56 Å². The summed E-state index contributed by atoms with van der Waals surface area (Å²) in [5, 5.41) is 8.48. The molecule has 19 heavy (non-hydrogen) atoms. The molecular weight excluding hydrogens is 246 g/mol. The summed E-state index contributed by atoms with van der Waals surface area (Å²) >= 11 is 0. The Bertz CT molecular complexity index is 428. The number of hydrogen-bond donors (Lipinski definition) is 2. The molecule has 0 amide bonds. The van der Waals surface area contributed by atoms with Gasteiger partial charge in [0.05, 0.1) is 19.8 Å². The molecule has 0 unspecified atom stereocenters. The summed E-state index contributed by atoms with van der Waals surface area (Å²) in [6, 6.07) is 9.90. The number of hydrogen-bond acceptors (Lipinski definition) is 4. The summed E-state index contributed by atoms with van der Waals surface area (Å²) in [6.45, 7) is 4.32. The second-order valence-corrected chi connectivity index (χ2v) is 3.62. The second kappa shape index (κ2) is 8.91. The molecule has 5 nitrogen and oxygen atoms in total. The molecule has 0 atom stereocenters. The van der Waals surface area contributed by atoms with Crippen molar-refractivity contribution in [2.24, 2.45) is 0 Å². The summed E-state index contributed by atoms with van der Waals surface area (Å²) in [7, 11) is 0. The zero-order chi connectivity index (χ0) is 13.9. The molecule has 0 aliphatic carbocycles. The highest BCUT2D eigenvalue weighted by atomic mass is 16.7. The Hall–Kier alpha value is -2.11. The molecule has 2 N–H and O–H groups in total. The average Bonchev–Trinajstić information content (AvgIpc) is 2.42. The van der Waals surface area contributed by atoms with Crippen molar-refractivity contribution in [2.75, 3.05) is 19.8 Å². The van der Waals surface area contributed by atoms with Gasteiger partial charge in [0, 0.05) is 0 Å². The van der Waals surface area contributed by atoms with E-state index in [4.69, 9.17) is 14.7 Å². The van der Waals surface area contributed by atoms with Crippen LogP contribution in [-0.2, 0) is 14.4 Å². The first-order chi connectivity index (χ1) is 9.20. The second-order valence-electron chi connectivity index (χ2n) is 3.62. The highest BCUT2D eigenvalue weighted by Gasteiger charge is 2.01. The summed E-state index contributed by atoms with van der Waals surface area (Å²) in [5.74, 6) is -1.15. The minimum absolute atomic E-state index is 0.205. The van der Waals surface area contributed by atoms with Gasteiger partial charge in [0.1, 0.15) is 5.70 Å². The number of nitrogens with one attached hydrogen (secondary N) is 1. The van der Waals surface area contributed by atoms with Gasteiger partial charge in [0.25, 0.3) is 0 Å². The number of carboxylic acids is 1. The van der Waals surface area contributed by atoms with Crippen LogP contribution in [0.5, 0.6) is 0 Å². The number of rotatable bonds is 9. The van der Waals surface area contributed by atoms with Gasteiger partial charge in [0.2, 0.25) is 0 Å². The Labute approximate surface area is 112 Å². The van der Waals surface area contributed by atoms with Gasteiger partial charge < -0.3 is 9.84 Å². The third kappa shape index (κ3) is 7.03. The fraction of sp³-hybridized carbons (Fsp3) is 0.214. The van der Waals surface area contributed by atoms with Crippen LogP contribution in [0.1, 0.15) is 5.56 Å². The van der Waals surface area contributed by atoms with Gasteiger partial charge in [-0.1, -0.05) is 49.1 Å². The number of benzene rings is 1. The number of carbonyl (C=O) groups is 1. The Kier molecular flexibility index (Phi) is 7.01. The average molecular weight is 263 g/mol. The van der Waals surface area contributed by atoms with Gasteiger partial charge in [-0.2, -0.15) is 0 Å². The van der Waals surface area contributed by atoms with Gasteiger partial charge in [-0.3, -0.25) is 10.3 Å². The molecule has 0 saturated heterocycles. The molecule has 5 heteroatoms. The fourth-order valence-electron chi connectivity index (χ4n) is 1.18. The van der Waals surface area contributed by atoms with E-state index in [2.05, 4.69) is 12.1 Å². The molecule has 0 radical (unpaired) electrons. The number of hydroxylamine groups is 1. The van der Waals surface area contributed by atoms with E-state index in [0.717, 1.165) is 5.56 Å². The van der Waals surface area contributed by atoms with Crippen molar-refractivity contribution in [1.82, 2.24) is 5.48 Å². The van der Waals surface area contributed by atoms with Crippen molar-refractivity contribution < 1.29 is 19.5 Å². The van der Waals surface area contributed by atoms with E-state index in [1.807, 2.05) is 42.5 Å². The normalized spacial score (nSPS) is 10.5. The fourth-order valence-corrected chi connectivity index (χ4v) is 1.18. The predicted molar refractivity (Wildman–Crippen MR) is 72.2 cm³/mol. The van der Waals surface area contributed by atoms with Crippen LogP contribution in [0.15, 0.2) is 48.7 Å². The predicted octanol–water partition coefficient (Wildman–Crippen LogP) is 1.84. The molecule has 0 aliphatic rings. The summed E-state index contributed by atoms with van der Waals surface area (Å²) in [6.07, 6.45) is 3.87. The van der Waals surface area contributed by atoms with Crippen LogP contribution in [0.2, 0.25) is 0 Å². The third-order valence-corrected chi connectivity index (χ3v) is 2.11. The van der Waals surface area contributed by atoms with E-state index in [0.29, 0.717) is 13.2 Å². The lowest BCUT2D eigenvalue weighted by atomic mass is 10.2. The van der Waals surface area contributed by atoms with Crippen LogP contribution < -0.4 is 5.48 Å². The molecular formula is C14H17NO4. The number of carboxylic acid groups (broad SMARTS) is 1. The molecule has 102 valence electrons. The Morgan fingerprint density at radius 1 is 1.32 bits per heavy atom. The van der Waals surface area contributed by atoms with Gasteiger partial charge in [0.15, 0.2) is 0 Å². The number of ether oxygens (including phenoxy) is 1. The van der Waals surface area contributed by atoms with Crippen LogP contribution in [0.4, 0.5) is 0 Å². The molecule has 0 spiro atoms. The standard InChI is InChI=1S/C14H17NO4/c1-12(14(16)17)15-19-11-10-18-9-5-8-13-6-3-2-4-7-13/h2-8,15H,1,9-11H2,(H,16,17). The molecule has 0 aliphatic heterocycles. The van der Waals surface area contributed by atoms with E-state index in [-0.39, 0.29) is 12.3 Å². The van der Waals surface area contributed by atoms with Crippen LogP contribution >= 0.6 is 0 Å². The minimum Gasteiger partial charge on any atom is -0.477 e. The monoisotopic (exact) mass is 263 g/mol. The minimum atomic E-state index is -1.15. The molecule has 0 fully saturated rings. The zero-order valence-electron chi connectivity index (χ0n) is 10.5. The summed E-state index contributed by atoms with van der Waals surface area (Å²) in [4.78, 5) is 15.2. The van der Waals surface area contributed by atoms with Crippen molar-refractivity contribution >= 4 is 12.0 Å². The van der Waals surface area contributed by atoms with E-state index in [1.165, 1.54) is 0 Å². The lowest BCUT2D eigenvalue weighted by Gasteiger charge is -2.05. The highest BCUT2D eigenvalue weighted by molar-refractivity contribution is 5.84. The Morgan fingerprint density at radius 3 is 2.74 bits per heavy atom. The van der Waals surface area contributed by atoms with Crippen LogP contribution in [0.25, 0.3) is 6.08 Å². The maximum Gasteiger partial charge on any atom is 0.353 e. The first kappa shape index (κ1) is 14.9. The molecule has 0 heterocycles. The first-order valence-corrected chi connectivity index (χ1v) is 5.79. The van der Waals surface area contributed by atoms with E-state index < -0.39 is 5.97 Å². The van der Waals surface area contributed by atoms with E-state index in [1.54, 1.807) is 0 Å². The highest BCUT2D eigenvalue weighted by Crippen LogP contribution is 2.00. The molecule has 0 aromatic heterocycles. The van der Waals surface area contributed by atoms with Crippen LogP contribution in [0, 0.1) is 0 Å². The van der Waals surface area contributed by atoms with Gasteiger partial charge in [-0.15, -0.1) is 0 Å². The molecule has 1 rings (SSSR count). The SMILES string of the molecule is C=C(NOCCOCC=Cc1ccccc1)C(=O)O. The topological polar surface area (TPSA) is 67.8 Å².